The Morgan fingerprint density at radius 1 is 1.16 bits per heavy atom. The molecule has 32 heavy (non-hydrogen) atoms. The summed E-state index contributed by atoms with van der Waals surface area (Å²) in [6, 6.07) is 12.9. The van der Waals surface area contributed by atoms with Crippen LogP contribution in [0.25, 0.3) is 11.1 Å². The predicted octanol–water partition coefficient (Wildman–Crippen LogP) is 4.07. The van der Waals surface area contributed by atoms with Gasteiger partial charge in [-0.15, -0.1) is 0 Å². The normalized spacial score (nSPS) is 19.4. The molecular formula is C23H25N3O4S2. The summed E-state index contributed by atoms with van der Waals surface area (Å²) in [5, 5.41) is 0.362. The van der Waals surface area contributed by atoms with Gasteiger partial charge in [-0.3, -0.25) is 4.79 Å². The highest BCUT2D eigenvalue weighted by atomic mass is 32.2. The molecule has 1 amide bonds. The van der Waals surface area contributed by atoms with E-state index in [1.54, 1.807) is 22.5 Å². The van der Waals surface area contributed by atoms with Gasteiger partial charge in [0.25, 0.3) is 5.22 Å². The van der Waals surface area contributed by atoms with Crippen LogP contribution in [-0.2, 0) is 21.2 Å². The van der Waals surface area contributed by atoms with Crippen LogP contribution in [0.4, 0.5) is 5.69 Å². The third kappa shape index (κ3) is 3.93. The fourth-order valence-corrected chi connectivity index (χ4v) is 6.74. The zero-order valence-corrected chi connectivity index (χ0v) is 19.5. The molecule has 2 aromatic carbocycles. The van der Waals surface area contributed by atoms with Crippen molar-refractivity contribution in [3.63, 3.8) is 0 Å². The Morgan fingerprint density at radius 2 is 1.94 bits per heavy atom. The minimum absolute atomic E-state index is 0.00284. The Morgan fingerprint density at radius 3 is 2.75 bits per heavy atom. The molecule has 9 heteroatoms. The number of hydrogen-bond acceptors (Lipinski definition) is 6. The average Bonchev–Trinajstić information content (AvgIpc) is 3.37. The minimum atomic E-state index is -3.53. The quantitative estimate of drug-likeness (QED) is 0.522. The number of sulfonamides is 1. The molecule has 3 aromatic rings. The Labute approximate surface area is 191 Å². The molecule has 1 aromatic heterocycles. The highest BCUT2D eigenvalue weighted by Crippen LogP contribution is 2.33. The highest BCUT2D eigenvalue weighted by Gasteiger charge is 2.31. The fraction of sp³-hybridized carbons (Fsp3) is 0.391. The Hall–Kier alpha value is -2.36. The maximum absolute atomic E-state index is 12.9. The lowest BCUT2D eigenvalue weighted by Gasteiger charge is -2.25. The van der Waals surface area contributed by atoms with Crippen molar-refractivity contribution in [1.29, 1.82) is 0 Å². The minimum Gasteiger partial charge on any atom is -0.431 e. The molecule has 1 atom stereocenters. The van der Waals surface area contributed by atoms with Gasteiger partial charge in [0, 0.05) is 24.8 Å². The maximum atomic E-state index is 12.9. The van der Waals surface area contributed by atoms with Crippen molar-refractivity contribution >= 4 is 44.5 Å². The van der Waals surface area contributed by atoms with Gasteiger partial charge in [-0.05, 0) is 56.0 Å². The first kappa shape index (κ1) is 21.5. The van der Waals surface area contributed by atoms with Crippen LogP contribution in [0.5, 0.6) is 0 Å². The molecule has 3 heterocycles. The number of fused-ring (bicyclic) bond motifs is 2. The molecule has 2 aliphatic heterocycles. The van der Waals surface area contributed by atoms with E-state index >= 15 is 0 Å². The summed E-state index contributed by atoms with van der Waals surface area (Å²) in [6.45, 7) is 3.16. The summed E-state index contributed by atoms with van der Waals surface area (Å²) >= 11 is 1.23. The van der Waals surface area contributed by atoms with Gasteiger partial charge in [-0.2, -0.15) is 4.31 Å². The van der Waals surface area contributed by atoms with Crippen LogP contribution >= 0.6 is 11.8 Å². The second-order valence-electron chi connectivity index (χ2n) is 8.31. The lowest BCUT2D eigenvalue weighted by Crippen LogP contribution is -2.36. The number of hydrogen-bond donors (Lipinski definition) is 0. The van der Waals surface area contributed by atoms with Crippen molar-refractivity contribution < 1.29 is 17.6 Å². The van der Waals surface area contributed by atoms with Gasteiger partial charge in [0.2, 0.25) is 15.9 Å². The predicted molar refractivity (Wildman–Crippen MR) is 124 cm³/mol. The number of nitrogens with zero attached hydrogens (tertiary/aromatic N) is 3. The number of carbonyl (C=O) groups is 1. The van der Waals surface area contributed by atoms with E-state index < -0.39 is 10.0 Å². The van der Waals surface area contributed by atoms with Gasteiger partial charge < -0.3 is 9.32 Å². The van der Waals surface area contributed by atoms with Crippen LogP contribution in [0.2, 0.25) is 0 Å². The molecule has 0 aliphatic carbocycles. The summed E-state index contributed by atoms with van der Waals surface area (Å²) in [6.07, 6.45) is 3.69. The Kier molecular flexibility index (Phi) is 5.73. The molecule has 0 bridgehead atoms. The fourth-order valence-electron chi connectivity index (χ4n) is 4.50. The van der Waals surface area contributed by atoms with Crippen molar-refractivity contribution in [2.75, 3.05) is 23.7 Å². The van der Waals surface area contributed by atoms with Crippen LogP contribution in [0.15, 0.2) is 57.0 Å². The summed E-state index contributed by atoms with van der Waals surface area (Å²) in [4.78, 5) is 19.4. The van der Waals surface area contributed by atoms with Gasteiger partial charge in [-0.25, -0.2) is 13.4 Å². The van der Waals surface area contributed by atoms with Gasteiger partial charge in [-0.1, -0.05) is 36.4 Å². The van der Waals surface area contributed by atoms with Crippen LogP contribution < -0.4 is 4.90 Å². The number of para-hydroxylation sites is 1. The lowest BCUT2D eigenvalue weighted by atomic mass is 10.1. The van der Waals surface area contributed by atoms with Crippen LogP contribution in [0, 0.1) is 0 Å². The van der Waals surface area contributed by atoms with E-state index in [9.17, 15) is 13.2 Å². The van der Waals surface area contributed by atoms with Gasteiger partial charge in [0.05, 0.1) is 10.6 Å². The van der Waals surface area contributed by atoms with Crippen molar-refractivity contribution in [2.45, 2.75) is 48.8 Å². The summed E-state index contributed by atoms with van der Waals surface area (Å²) in [5.74, 6) is 0.202. The van der Waals surface area contributed by atoms with Crippen molar-refractivity contribution in [1.82, 2.24) is 9.29 Å². The van der Waals surface area contributed by atoms with E-state index in [0.717, 1.165) is 31.4 Å². The average molecular weight is 472 g/mol. The Balaban J connectivity index is 1.31. The summed E-state index contributed by atoms with van der Waals surface area (Å²) < 4.78 is 33.2. The summed E-state index contributed by atoms with van der Waals surface area (Å²) in [7, 11) is -3.53. The first-order valence-electron chi connectivity index (χ1n) is 10.9. The lowest BCUT2D eigenvalue weighted by molar-refractivity contribution is -0.116. The molecule has 0 unspecified atom stereocenters. The smallest absolute Gasteiger partial charge is 0.257 e. The van der Waals surface area contributed by atoms with Crippen LogP contribution in [0.1, 0.15) is 31.7 Å². The Bertz CT molecular complexity index is 1270. The van der Waals surface area contributed by atoms with Gasteiger partial charge in [0.15, 0.2) is 5.58 Å². The van der Waals surface area contributed by atoms with Crippen LogP contribution in [-0.4, -0.2) is 48.5 Å². The molecule has 0 radical (unpaired) electrons. The maximum Gasteiger partial charge on any atom is 0.257 e. The van der Waals surface area contributed by atoms with Gasteiger partial charge >= 0.3 is 0 Å². The number of piperidine rings is 1. The van der Waals surface area contributed by atoms with E-state index in [0.29, 0.717) is 29.4 Å². The molecule has 7 nitrogen and oxygen atoms in total. The first-order chi connectivity index (χ1) is 15.4. The number of thioether (sulfide) groups is 1. The van der Waals surface area contributed by atoms with E-state index in [2.05, 4.69) is 11.1 Å². The summed E-state index contributed by atoms with van der Waals surface area (Å²) in [5.41, 5.74) is 3.15. The molecular weight excluding hydrogens is 446 g/mol. The monoisotopic (exact) mass is 471 g/mol. The van der Waals surface area contributed by atoms with Crippen molar-refractivity contribution in [2.24, 2.45) is 0 Å². The van der Waals surface area contributed by atoms with E-state index in [1.807, 2.05) is 30.0 Å². The standard InChI is InChI=1S/C23H25N3O4S2/c1-16-13-17-7-3-4-8-20(17)26(16)22(27)15-31-23-24-19-14-18(9-10-21(19)30-23)32(28,29)25-11-5-2-6-12-25/h3-4,7-10,14,16H,2,5-6,11-13,15H2,1H3/t16-/m1/s1. The zero-order valence-electron chi connectivity index (χ0n) is 17.9. The molecule has 0 N–H and O–H groups in total. The van der Waals surface area contributed by atoms with Gasteiger partial charge in [0.1, 0.15) is 5.52 Å². The van der Waals surface area contributed by atoms with Crippen molar-refractivity contribution in [3.05, 3.63) is 48.0 Å². The second-order valence-corrected chi connectivity index (χ2v) is 11.2. The molecule has 2 aliphatic rings. The van der Waals surface area contributed by atoms with E-state index in [4.69, 9.17) is 4.42 Å². The third-order valence-corrected chi connectivity index (χ3v) is 8.79. The second kappa shape index (κ2) is 8.53. The number of rotatable bonds is 5. The first-order valence-corrected chi connectivity index (χ1v) is 13.3. The number of oxazole rings is 1. The van der Waals surface area contributed by atoms with E-state index in [-0.39, 0.29) is 22.6 Å². The van der Waals surface area contributed by atoms with Crippen LogP contribution in [0.3, 0.4) is 0 Å². The largest absolute Gasteiger partial charge is 0.431 e. The van der Waals surface area contributed by atoms with E-state index in [1.165, 1.54) is 17.3 Å². The number of carbonyl (C=O) groups excluding carboxylic acids is 1. The molecule has 0 saturated carbocycles. The third-order valence-electron chi connectivity index (χ3n) is 6.09. The number of amides is 1. The highest BCUT2D eigenvalue weighted by molar-refractivity contribution is 7.99. The molecule has 0 spiro atoms. The SMILES string of the molecule is C[C@@H]1Cc2ccccc2N1C(=O)CSc1nc2cc(S(=O)(=O)N3CCCCC3)ccc2o1. The molecule has 1 saturated heterocycles. The number of aromatic nitrogens is 1. The zero-order chi connectivity index (χ0) is 22.3. The van der Waals surface area contributed by atoms with Crippen molar-refractivity contribution in [3.8, 4) is 0 Å². The number of benzene rings is 2. The topological polar surface area (TPSA) is 83.7 Å². The number of anilines is 1. The molecule has 5 rings (SSSR count). The molecule has 1 fully saturated rings. The molecule has 168 valence electrons.